The van der Waals surface area contributed by atoms with E-state index < -0.39 is 5.97 Å². The lowest BCUT2D eigenvalue weighted by atomic mass is 10.4. The van der Waals surface area contributed by atoms with Crippen molar-refractivity contribution >= 4 is 29.1 Å². The summed E-state index contributed by atoms with van der Waals surface area (Å²) in [6.45, 7) is 4.30. The van der Waals surface area contributed by atoms with Crippen LogP contribution in [0.15, 0.2) is 17.5 Å². The molecule has 7 heteroatoms. The second-order valence-corrected chi connectivity index (χ2v) is 4.83. The number of rotatable bonds is 7. The van der Waals surface area contributed by atoms with Gasteiger partial charge in [-0.25, -0.2) is 0 Å². The van der Waals surface area contributed by atoms with Crippen LogP contribution in [-0.4, -0.2) is 48.9 Å². The molecule has 0 bridgehead atoms. The Morgan fingerprint density at radius 2 is 2.00 bits per heavy atom. The van der Waals surface area contributed by atoms with Crippen LogP contribution in [0.3, 0.4) is 0 Å². The Balaban J connectivity index is 2.27. The number of amides is 2. The topological polar surface area (TPSA) is 75.7 Å². The Bertz CT molecular complexity index is 455. The predicted octanol–water partition coefficient (Wildman–Crippen LogP) is 0.890. The minimum Gasteiger partial charge on any atom is -0.454 e. The summed E-state index contributed by atoms with van der Waals surface area (Å²) in [5.74, 6) is -1.20. The van der Waals surface area contributed by atoms with Gasteiger partial charge in [0, 0.05) is 13.1 Å². The second kappa shape index (κ2) is 8.31. The van der Waals surface area contributed by atoms with Crippen molar-refractivity contribution in [3.63, 3.8) is 0 Å². The fraction of sp³-hybridized carbons (Fsp3) is 0.462. The van der Waals surface area contributed by atoms with Gasteiger partial charge in [-0.1, -0.05) is 6.07 Å². The average molecular weight is 298 g/mol. The Morgan fingerprint density at radius 1 is 1.30 bits per heavy atom. The highest BCUT2D eigenvalue weighted by Gasteiger charge is 2.13. The number of carbonyl (C=O) groups excluding carboxylic acids is 3. The summed E-state index contributed by atoms with van der Waals surface area (Å²) in [6, 6.07) is 3.41. The summed E-state index contributed by atoms with van der Waals surface area (Å²) >= 11 is 1.29. The maximum Gasteiger partial charge on any atom is 0.325 e. The van der Waals surface area contributed by atoms with Crippen molar-refractivity contribution in [3.8, 4) is 0 Å². The molecule has 0 aliphatic heterocycles. The molecule has 1 heterocycles. The lowest BCUT2D eigenvalue weighted by molar-refractivity contribution is -0.151. The quantitative estimate of drug-likeness (QED) is 0.759. The molecule has 6 nitrogen and oxygen atoms in total. The largest absolute Gasteiger partial charge is 0.454 e. The van der Waals surface area contributed by atoms with E-state index in [1.165, 1.54) is 11.3 Å². The van der Waals surface area contributed by atoms with Crippen LogP contribution in [0.25, 0.3) is 0 Å². The highest BCUT2D eigenvalue weighted by Crippen LogP contribution is 2.07. The molecule has 0 aliphatic rings. The van der Waals surface area contributed by atoms with E-state index in [9.17, 15) is 14.4 Å². The summed E-state index contributed by atoms with van der Waals surface area (Å²) in [7, 11) is 0. The van der Waals surface area contributed by atoms with Gasteiger partial charge >= 0.3 is 5.97 Å². The first-order valence-corrected chi connectivity index (χ1v) is 7.21. The molecule has 0 saturated heterocycles. The van der Waals surface area contributed by atoms with Crippen LogP contribution in [0, 0.1) is 0 Å². The van der Waals surface area contributed by atoms with Gasteiger partial charge in [-0.15, -0.1) is 11.3 Å². The summed E-state index contributed by atoms with van der Waals surface area (Å²) in [5, 5.41) is 4.21. The third kappa shape index (κ3) is 5.00. The van der Waals surface area contributed by atoms with Crippen LogP contribution < -0.4 is 5.32 Å². The molecule has 0 atom stereocenters. The molecular weight excluding hydrogens is 280 g/mol. The Hall–Kier alpha value is -1.89. The number of hydrogen-bond acceptors (Lipinski definition) is 5. The number of likely N-dealkylation sites (N-methyl/N-ethyl adjacent to an activating group) is 1. The fourth-order valence-electron chi connectivity index (χ4n) is 1.51. The molecule has 0 unspecified atom stereocenters. The fourth-order valence-corrected chi connectivity index (χ4v) is 2.15. The first kappa shape index (κ1) is 16.2. The van der Waals surface area contributed by atoms with Gasteiger partial charge in [-0.05, 0) is 25.3 Å². The molecule has 1 aromatic heterocycles. The van der Waals surface area contributed by atoms with E-state index in [0.717, 1.165) is 0 Å². The average Bonchev–Trinajstić information content (AvgIpc) is 2.98. The monoisotopic (exact) mass is 298 g/mol. The second-order valence-electron chi connectivity index (χ2n) is 3.89. The van der Waals surface area contributed by atoms with Gasteiger partial charge in [0.05, 0.1) is 4.88 Å². The van der Waals surface area contributed by atoms with Crippen LogP contribution >= 0.6 is 11.3 Å². The van der Waals surface area contributed by atoms with Crippen LogP contribution in [0.4, 0.5) is 0 Å². The number of esters is 1. The Morgan fingerprint density at radius 3 is 2.55 bits per heavy atom. The Labute approximate surface area is 121 Å². The van der Waals surface area contributed by atoms with Crippen molar-refractivity contribution in [3.05, 3.63) is 22.4 Å². The number of nitrogens with one attached hydrogen (secondary N) is 1. The third-order valence-electron chi connectivity index (χ3n) is 2.61. The molecule has 0 aliphatic carbocycles. The molecule has 20 heavy (non-hydrogen) atoms. The zero-order chi connectivity index (χ0) is 15.0. The summed E-state index contributed by atoms with van der Waals surface area (Å²) in [6.07, 6.45) is 0. The van der Waals surface area contributed by atoms with Gasteiger partial charge in [0.2, 0.25) is 0 Å². The summed E-state index contributed by atoms with van der Waals surface area (Å²) in [4.78, 5) is 36.7. The Kier molecular flexibility index (Phi) is 6.72. The van der Waals surface area contributed by atoms with E-state index in [-0.39, 0.29) is 25.0 Å². The molecule has 110 valence electrons. The van der Waals surface area contributed by atoms with E-state index in [1.54, 1.807) is 22.4 Å². The standard InChI is InChI=1S/C13H18N2O4S/c1-3-15(4-2)11(16)9-19-12(17)8-14-13(18)10-6-5-7-20-10/h5-7H,3-4,8-9H2,1-2H3,(H,14,18). The van der Waals surface area contributed by atoms with Gasteiger partial charge in [-0.3, -0.25) is 14.4 Å². The molecule has 0 radical (unpaired) electrons. The van der Waals surface area contributed by atoms with Gasteiger partial charge in [0.15, 0.2) is 6.61 Å². The first-order chi connectivity index (χ1) is 9.58. The lowest BCUT2D eigenvalue weighted by Crippen LogP contribution is -2.36. The molecule has 1 aromatic rings. The summed E-state index contributed by atoms with van der Waals surface area (Å²) in [5.41, 5.74) is 0. The van der Waals surface area contributed by atoms with E-state index in [0.29, 0.717) is 18.0 Å². The van der Waals surface area contributed by atoms with Crippen molar-refractivity contribution in [2.24, 2.45) is 0 Å². The van der Waals surface area contributed by atoms with Crippen LogP contribution in [0.5, 0.6) is 0 Å². The lowest BCUT2D eigenvalue weighted by Gasteiger charge is -2.18. The van der Waals surface area contributed by atoms with Gasteiger partial charge in [0.1, 0.15) is 6.54 Å². The molecule has 0 spiro atoms. The van der Waals surface area contributed by atoms with E-state index in [2.05, 4.69) is 5.32 Å². The van der Waals surface area contributed by atoms with Crippen molar-refractivity contribution in [2.45, 2.75) is 13.8 Å². The number of nitrogens with zero attached hydrogens (tertiary/aromatic N) is 1. The molecule has 2 amide bonds. The predicted molar refractivity (Wildman–Crippen MR) is 75.5 cm³/mol. The van der Waals surface area contributed by atoms with Crippen LogP contribution in [-0.2, 0) is 14.3 Å². The number of hydrogen-bond donors (Lipinski definition) is 1. The van der Waals surface area contributed by atoms with Crippen LogP contribution in [0.1, 0.15) is 23.5 Å². The zero-order valence-corrected chi connectivity index (χ0v) is 12.4. The number of carbonyl (C=O) groups is 3. The van der Waals surface area contributed by atoms with Gasteiger partial charge in [0.25, 0.3) is 11.8 Å². The number of thiophene rings is 1. The third-order valence-corrected chi connectivity index (χ3v) is 3.48. The van der Waals surface area contributed by atoms with Crippen molar-refractivity contribution < 1.29 is 19.1 Å². The molecule has 1 N–H and O–H groups in total. The number of ether oxygens (including phenoxy) is 1. The molecule has 1 rings (SSSR count). The SMILES string of the molecule is CCN(CC)C(=O)COC(=O)CNC(=O)c1cccs1. The molecular formula is C13H18N2O4S. The molecule has 0 saturated carbocycles. The normalized spacial score (nSPS) is 9.90. The van der Waals surface area contributed by atoms with E-state index in [1.807, 2.05) is 13.8 Å². The minimum absolute atomic E-state index is 0.243. The molecule has 0 aromatic carbocycles. The first-order valence-electron chi connectivity index (χ1n) is 6.33. The van der Waals surface area contributed by atoms with Crippen molar-refractivity contribution in [1.29, 1.82) is 0 Å². The highest BCUT2D eigenvalue weighted by molar-refractivity contribution is 7.12. The minimum atomic E-state index is -0.629. The smallest absolute Gasteiger partial charge is 0.325 e. The highest BCUT2D eigenvalue weighted by atomic mass is 32.1. The van der Waals surface area contributed by atoms with Gasteiger partial charge < -0.3 is 15.0 Å². The zero-order valence-electron chi connectivity index (χ0n) is 11.5. The van der Waals surface area contributed by atoms with Crippen LogP contribution in [0.2, 0.25) is 0 Å². The van der Waals surface area contributed by atoms with Crippen molar-refractivity contribution in [1.82, 2.24) is 10.2 Å². The maximum atomic E-state index is 11.6. The maximum absolute atomic E-state index is 11.6. The summed E-state index contributed by atoms with van der Waals surface area (Å²) < 4.78 is 4.81. The van der Waals surface area contributed by atoms with Gasteiger partial charge in [-0.2, -0.15) is 0 Å². The van der Waals surface area contributed by atoms with E-state index >= 15 is 0 Å². The van der Waals surface area contributed by atoms with Crippen molar-refractivity contribution in [2.75, 3.05) is 26.2 Å². The molecule has 0 fully saturated rings. The van der Waals surface area contributed by atoms with E-state index in [4.69, 9.17) is 4.74 Å².